The van der Waals surface area contributed by atoms with E-state index in [1.807, 2.05) is 19.1 Å². The summed E-state index contributed by atoms with van der Waals surface area (Å²) in [6.07, 6.45) is 6.76. The highest BCUT2D eigenvalue weighted by molar-refractivity contribution is 7.93. The average Bonchev–Trinajstić information content (AvgIpc) is 3.71. The van der Waals surface area contributed by atoms with Crippen molar-refractivity contribution in [3.05, 3.63) is 78.6 Å². The monoisotopic (exact) mass is 534 g/mol. The lowest BCUT2D eigenvalue weighted by Gasteiger charge is -2.23. The van der Waals surface area contributed by atoms with Crippen LogP contribution in [0.4, 0.5) is 5.88 Å². The third-order valence-electron chi connectivity index (χ3n) is 6.02. The average molecular weight is 535 g/mol. The number of sulfonamides is 1. The molecule has 0 atom stereocenters. The van der Waals surface area contributed by atoms with E-state index in [0.29, 0.717) is 51.9 Å². The molecule has 0 amide bonds. The molecule has 11 heteroatoms. The van der Waals surface area contributed by atoms with Crippen molar-refractivity contribution >= 4 is 15.9 Å². The molecular formula is C27H26N4O6S. The van der Waals surface area contributed by atoms with Crippen molar-refractivity contribution in [2.24, 2.45) is 0 Å². The van der Waals surface area contributed by atoms with Gasteiger partial charge in [0, 0.05) is 28.9 Å². The van der Waals surface area contributed by atoms with Gasteiger partial charge in [0.2, 0.25) is 17.7 Å². The summed E-state index contributed by atoms with van der Waals surface area (Å²) < 4.78 is 51.8. The predicted octanol–water partition coefficient (Wildman–Crippen LogP) is 5.85. The first-order valence-corrected chi connectivity index (χ1v) is 13.4. The second-order valence-corrected chi connectivity index (χ2v) is 10.4. The fourth-order valence-corrected chi connectivity index (χ4v) is 5.56. The minimum absolute atomic E-state index is 0.0604. The third-order valence-corrected chi connectivity index (χ3v) is 7.79. The Bertz CT molecular complexity index is 1630. The normalized spacial score (nSPS) is 11.7. The van der Waals surface area contributed by atoms with Crippen LogP contribution in [0.5, 0.6) is 0 Å². The van der Waals surface area contributed by atoms with Gasteiger partial charge in [0.15, 0.2) is 0 Å². The first kappa shape index (κ1) is 25.4. The number of hydrogen-bond acceptors (Lipinski definition) is 9. The summed E-state index contributed by atoms with van der Waals surface area (Å²) >= 11 is 0. The molecule has 5 rings (SSSR count). The van der Waals surface area contributed by atoms with Crippen LogP contribution in [0.15, 0.2) is 85.6 Å². The number of ether oxygens (including phenoxy) is 1. The fraction of sp³-hybridized carbons (Fsp3) is 0.222. The number of aryl methyl sites for hydroxylation is 1. The van der Waals surface area contributed by atoms with Crippen LogP contribution in [-0.2, 0) is 14.8 Å². The Morgan fingerprint density at radius 3 is 2.32 bits per heavy atom. The maximum atomic E-state index is 14.2. The number of aromatic nitrogens is 3. The number of anilines is 1. The molecule has 3 aromatic heterocycles. The molecule has 0 aliphatic rings. The molecule has 0 bridgehead atoms. The van der Waals surface area contributed by atoms with E-state index in [4.69, 9.17) is 18.1 Å². The van der Waals surface area contributed by atoms with Crippen molar-refractivity contribution in [1.82, 2.24) is 15.1 Å². The van der Waals surface area contributed by atoms with E-state index in [1.54, 1.807) is 50.4 Å². The summed E-state index contributed by atoms with van der Waals surface area (Å²) in [6, 6.07) is 12.2. The summed E-state index contributed by atoms with van der Waals surface area (Å²) in [5.41, 5.74) is 3.53. The largest absolute Gasteiger partial charge is 0.445 e. The SMILES string of the molecule is CCCOCN(c1onc(C)c1C)S(=O)(=O)c1ccccc1-c1ccc(-c2ncco2)cc1-c1ncco1. The minimum Gasteiger partial charge on any atom is -0.445 e. The summed E-state index contributed by atoms with van der Waals surface area (Å²) in [5.74, 6) is 0.853. The topological polar surface area (TPSA) is 125 Å². The minimum atomic E-state index is -4.17. The second kappa shape index (κ2) is 10.6. The van der Waals surface area contributed by atoms with E-state index in [-0.39, 0.29) is 17.5 Å². The van der Waals surface area contributed by atoms with Crippen molar-refractivity contribution in [2.75, 3.05) is 17.6 Å². The molecule has 0 fully saturated rings. The maximum Gasteiger partial charge on any atom is 0.269 e. The van der Waals surface area contributed by atoms with Crippen LogP contribution in [0.25, 0.3) is 34.0 Å². The summed E-state index contributed by atoms with van der Waals surface area (Å²) in [4.78, 5) is 8.59. The number of rotatable bonds is 10. The van der Waals surface area contributed by atoms with Gasteiger partial charge in [-0.15, -0.1) is 0 Å². The molecule has 0 saturated heterocycles. The van der Waals surface area contributed by atoms with Gasteiger partial charge < -0.3 is 18.1 Å². The Morgan fingerprint density at radius 2 is 1.66 bits per heavy atom. The first-order valence-electron chi connectivity index (χ1n) is 12.0. The van der Waals surface area contributed by atoms with E-state index < -0.39 is 10.0 Å². The molecule has 5 aromatic rings. The van der Waals surface area contributed by atoms with Gasteiger partial charge in [-0.1, -0.05) is 36.3 Å². The molecule has 0 aliphatic heterocycles. The van der Waals surface area contributed by atoms with Crippen LogP contribution in [0.2, 0.25) is 0 Å². The van der Waals surface area contributed by atoms with E-state index in [9.17, 15) is 8.42 Å². The van der Waals surface area contributed by atoms with Gasteiger partial charge in [0.05, 0.1) is 23.0 Å². The molecule has 0 saturated carbocycles. The Hall–Kier alpha value is -4.22. The second-order valence-electron chi connectivity index (χ2n) is 8.52. The first-order chi connectivity index (χ1) is 18.4. The Morgan fingerprint density at radius 1 is 0.921 bits per heavy atom. The predicted molar refractivity (Wildman–Crippen MR) is 140 cm³/mol. The van der Waals surface area contributed by atoms with Gasteiger partial charge in [-0.2, -0.15) is 0 Å². The molecule has 196 valence electrons. The zero-order valence-electron chi connectivity index (χ0n) is 21.1. The smallest absolute Gasteiger partial charge is 0.269 e. The summed E-state index contributed by atoms with van der Waals surface area (Å²) in [6.45, 7) is 5.62. The van der Waals surface area contributed by atoms with Crippen LogP contribution in [0.1, 0.15) is 24.6 Å². The summed E-state index contributed by atoms with van der Waals surface area (Å²) in [5, 5.41) is 3.96. The molecule has 3 heterocycles. The lowest BCUT2D eigenvalue weighted by atomic mass is 9.97. The third kappa shape index (κ3) is 4.73. The van der Waals surface area contributed by atoms with Gasteiger partial charge in [0.25, 0.3) is 10.0 Å². The number of oxazole rings is 2. The summed E-state index contributed by atoms with van der Waals surface area (Å²) in [7, 11) is -4.17. The van der Waals surface area contributed by atoms with Gasteiger partial charge in [-0.25, -0.2) is 22.7 Å². The zero-order chi connectivity index (χ0) is 26.7. The molecule has 0 aliphatic carbocycles. The van der Waals surface area contributed by atoms with Crippen molar-refractivity contribution in [3.8, 4) is 34.0 Å². The molecule has 0 spiro atoms. The Labute approximate surface area is 219 Å². The van der Waals surface area contributed by atoms with E-state index in [0.717, 1.165) is 10.7 Å². The van der Waals surface area contributed by atoms with Crippen LogP contribution in [0, 0.1) is 13.8 Å². The zero-order valence-corrected chi connectivity index (χ0v) is 21.9. The molecular weight excluding hydrogens is 508 g/mol. The Balaban J connectivity index is 1.67. The lowest BCUT2D eigenvalue weighted by molar-refractivity contribution is 0.141. The quantitative estimate of drug-likeness (QED) is 0.160. The van der Waals surface area contributed by atoms with Gasteiger partial charge >= 0.3 is 0 Å². The van der Waals surface area contributed by atoms with Crippen molar-refractivity contribution < 1.29 is 26.5 Å². The highest BCUT2D eigenvalue weighted by Crippen LogP contribution is 2.39. The molecule has 0 radical (unpaired) electrons. The van der Waals surface area contributed by atoms with Crippen LogP contribution in [-0.4, -0.2) is 36.9 Å². The molecule has 2 aromatic carbocycles. The van der Waals surface area contributed by atoms with Gasteiger partial charge in [0.1, 0.15) is 19.3 Å². The molecule has 0 unspecified atom stereocenters. The number of hydrogen-bond donors (Lipinski definition) is 0. The molecule has 38 heavy (non-hydrogen) atoms. The highest BCUT2D eigenvalue weighted by atomic mass is 32.2. The van der Waals surface area contributed by atoms with E-state index >= 15 is 0 Å². The lowest BCUT2D eigenvalue weighted by Crippen LogP contribution is -2.34. The van der Waals surface area contributed by atoms with Gasteiger partial charge in [-0.05, 0) is 44.0 Å². The van der Waals surface area contributed by atoms with E-state index in [1.165, 1.54) is 18.7 Å². The highest BCUT2D eigenvalue weighted by Gasteiger charge is 2.33. The van der Waals surface area contributed by atoms with Crippen LogP contribution in [0.3, 0.4) is 0 Å². The van der Waals surface area contributed by atoms with Crippen LogP contribution < -0.4 is 4.31 Å². The van der Waals surface area contributed by atoms with Crippen molar-refractivity contribution in [1.29, 1.82) is 0 Å². The van der Waals surface area contributed by atoms with Gasteiger partial charge in [-0.3, -0.25) is 0 Å². The van der Waals surface area contributed by atoms with Crippen molar-refractivity contribution in [2.45, 2.75) is 32.1 Å². The van der Waals surface area contributed by atoms with Crippen LogP contribution >= 0.6 is 0 Å². The molecule has 10 nitrogen and oxygen atoms in total. The number of benzene rings is 2. The molecule has 0 N–H and O–H groups in total. The standard InChI is InChI=1S/C27H26N4O6S/c1-4-13-34-17-31(27-18(2)19(3)30-37-27)38(32,33)24-8-6-5-7-22(24)21-10-9-20(25-28-11-14-35-25)16-23(21)26-29-12-15-36-26/h5-12,14-16H,4,13,17H2,1-3H3. The van der Waals surface area contributed by atoms with E-state index in [2.05, 4.69) is 15.1 Å². The number of nitrogens with zero attached hydrogens (tertiary/aromatic N) is 4. The fourth-order valence-electron chi connectivity index (χ4n) is 4.01. The maximum absolute atomic E-state index is 14.2. The van der Waals surface area contributed by atoms with Crippen molar-refractivity contribution in [3.63, 3.8) is 0 Å². The Kier molecular flexibility index (Phi) is 7.12.